The van der Waals surface area contributed by atoms with E-state index in [0.717, 1.165) is 36.9 Å². The van der Waals surface area contributed by atoms with Crippen molar-refractivity contribution in [2.24, 2.45) is 0 Å². The summed E-state index contributed by atoms with van der Waals surface area (Å²) in [7, 11) is 0. The fraction of sp³-hybridized carbons (Fsp3) is 0.500. The Morgan fingerprint density at radius 2 is 1.89 bits per heavy atom. The van der Waals surface area contributed by atoms with Crippen LogP contribution < -0.4 is 10.6 Å². The first-order valence-corrected chi connectivity index (χ1v) is 10.0. The summed E-state index contributed by atoms with van der Waals surface area (Å²) in [6.07, 6.45) is 5.39. The topological polar surface area (TPSA) is 102 Å². The Kier molecular flexibility index (Phi) is 6.44. The van der Waals surface area contributed by atoms with Gasteiger partial charge in [-0.2, -0.15) is 4.68 Å². The number of nitrogens with one attached hydrogen (secondary N) is 2. The first-order chi connectivity index (χ1) is 13.0. The normalized spacial score (nSPS) is 15.9. The molecule has 0 saturated heterocycles. The summed E-state index contributed by atoms with van der Waals surface area (Å²) in [4.78, 5) is 24.4. The number of aryl methyl sites for hydroxylation is 1. The van der Waals surface area contributed by atoms with Crippen LogP contribution in [0.5, 0.6) is 0 Å². The summed E-state index contributed by atoms with van der Waals surface area (Å²) in [6.45, 7) is 3.73. The number of nitrogens with zero attached hydrogens (tertiary/aromatic N) is 4. The number of rotatable bonds is 5. The van der Waals surface area contributed by atoms with Crippen molar-refractivity contribution in [3.63, 3.8) is 0 Å². The Bertz CT molecular complexity index is 785. The highest BCUT2D eigenvalue weighted by Gasteiger charge is 2.22. The number of tetrazole rings is 1. The zero-order valence-electron chi connectivity index (χ0n) is 15.5. The molecule has 27 heavy (non-hydrogen) atoms. The number of hydrogen-bond donors (Lipinski definition) is 2. The van der Waals surface area contributed by atoms with E-state index in [0.29, 0.717) is 5.16 Å². The van der Waals surface area contributed by atoms with Crippen molar-refractivity contribution in [1.29, 1.82) is 0 Å². The number of thioether (sulfide) groups is 1. The van der Waals surface area contributed by atoms with Crippen LogP contribution >= 0.6 is 11.8 Å². The quantitative estimate of drug-likeness (QED) is 0.764. The minimum absolute atomic E-state index is 0.156. The standard InChI is InChI=1S/C18H24N6O2S/c1-12-8-10-15(11-9-12)24-18(21-22-23-24)27-13(2)16(25)20-17(26)19-14-6-4-3-5-7-14/h8-11,13-14H,3-7H2,1-2H3,(H2,19,20,25,26)/t13-/m0/s1. The summed E-state index contributed by atoms with van der Waals surface area (Å²) < 4.78 is 1.58. The van der Waals surface area contributed by atoms with E-state index in [1.165, 1.54) is 18.2 Å². The van der Waals surface area contributed by atoms with E-state index in [2.05, 4.69) is 26.2 Å². The first-order valence-electron chi connectivity index (χ1n) is 9.16. The van der Waals surface area contributed by atoms with Gasteiger partial charge in [-0.3, -0.25) is 10.1 Å². The van der Waals surface area contributed by atoms with Crippen LogP contribution in [0, 0.1) is 6.92 Å². The lowest BCUT2D eigenvalue weighted by Gasteiger charge is -2.23. The van der Waals surface area contributed by atoms with Gasteiger partial charge in [0.25, 0.3) is 0 Å². The number of hydrogen-bond acceptors (Lipinski definition) is 6. The molecule has 9 heteroatoms. The minimum atomic E-state index is -0.516. The second kappa shape index (κ2) is 8.98. The third-order valence-electron chi connectivity index (χ3n) is 4.55. The van der Waals surface area contributed by atoms with Crippen molar-refractivity contribution < 1.29 is 9.59 Å². The molecule has 3 rings (SSSR count). The molecule has 2 aromatic rings. The van der Waals surface area contributed by atoms with E-state index in [-0.39, 0.29) is 11.9 Å². The van der Waals surface area contributed by atoms with Crippen LogP contribution in [0.1, 0.15) is 44.6 Å². The molecule has 1 fully saturated rings. The SMILES string of the molecule is Cc1ccc(-n2nnnc2S[C@@H](C)C(=O)NC(=O)NC2CCCCC2)cc1. The average molecular weight is 388 g/mol. The summed E-state index contributed by atoms with van der Waals surface area (Å²) in [5.74, 6) is -0.369. The number of imide groups is 1. The van der Waals surface area contributed by atoms with E-state index in [9.17, 15) is 9.59 Å². The summed E-state index contributed by atoms with van der Waals surface area (Å²) >= 11 is 1.21. The first kappa shape index (κ1) is 19.3. The Hall–Kier alpha value is -2.42. The van der Waals surface area contributed by atoms with Gasteiger partial charge in [-0.1, -0.05) is 48.7 Å². The van der Waals surface area contributed by atoms with Crippen LogP contribution in [-0.2, 0) is 4.79 Å². The van der Waals surface area contributed by atoms with Crippen LogP contribution in [0.3, 0.4) is 0 Å². The molecule has 1 aliphatic rings. The molecular formula is C18H24N6O2S. The molecule has 2 N–H and O–H groups in total. The lowest BCUT2D eigenvalue weighted by atomic mass is 9.96. The van der Waals surface area contributed by atoms with Crippen molar-refractivity contribution in [3.05, 3.63) is 29.8 Å². The van der Waals surface area contributed by atoms with Gasteiger partial charge in [-0.15, -0.1) is 5.10 Å². The van der Waals surface area contributed by atoms with Gasteiger partial charge >= 0.3 is 6.03 Å². The zero-order valence-corrected chi connectivity index (χ0v) is 16.3. The third-order valence-corrected chi connectivity index (χ3v) is 5.58. The predicted octanol–water partition coefficient (Wildman–Crippen LogP) is 2.61. The monoisotopic (exact) mass is 388 g/mol. The Morgan fingerprint density at radius 1 is 1.19 bits per heavy atom. The van der Waals surface area contributed by atoms with Crippen molar-refractivity contribution in [3.8, 4) is 5.69 Å². The van der Waals surface area contributed by atoms with E-state index in [4.69, 9.17) is 0 Å². The van der Waals surface area contributed by atoms with Gasteiger partial charge in [0, 0.05) is 6.04 Å². The predicted molar refractivity (Wildman–Crippen MR) is 103 cm³/mol. The van der Waals surface area contributed by atoms with Gasteiger partial charge in [0.05, 0.1) is 10.9 Å². The Morgan fingerprint density at radius 3 is 2.59 bits per heavy atom. The average Bonchev–Trinajstić information content (AvgIpc) is 3.11. The zero-order chi connectivity index (χ0) is 19.2. The van der Waals surface area contributed by atoms with Crippen LogP contribution in [0.4, 0.5) is 4.79 Å². The molecule has 144 valence electrons. The van der Waals surface area contributed by atoms with Crippen molar-refractivity contribution in [2.45, 2.75) is 62.4 Å². The molecule has 0 spiro atoms. The summed E-state index contributed by atoms with van der Waals surface area (Å²) in [5.41, 5.74) is 1.95. The van der Waals surface area contributed by atoms with Crippen LogP contribution in [0.25, 0.3) is 5.69 Å². The molecule has 1 aliphatic carbocycles. The van der Waals surface area contributed by atoms with E-state index in [1.807, 2.05) is 31.2 Å². The fourth-order valence-electron chi connectivity index (χ4n) is 2.99. The highest BCUT2D eigenvalue weighted by atomic mass is 32.2. The molecule has 8 nitrogen and oxygen atoms in total. The van der Waals surface area contributed by atoms with Crippen molar-refractivity contribution in [2.75, 3.05) is 0 Å². The summed E-state index contributed by atoms with van der Waals surface area (Å²) in [5, 5.41) is 17.0. The van der Waals surface area contributed by atoms with E-state index >= 15 is 0 Å². The molecular weight excluding hydrogens is 364 g/mol. The molecule has 1 saturated carbocycles. The summed E-state index contributed by atoms with van der Waals surface area (Å²) in [6, 6.07) is 7.49. The number of amides is 3. The Balaban J connectivity index is 1.56. The molecule has 0 aliphatic heterocycles. The van der Waals surface area contributed by atoms with Crippen molar-refractivity contribution >= 4 is 23.7 Å². The molecule has 3 amide bonds. The fourth-order valence-corrected chi connectivity index (χ4v) is 3.80. The lowest BCUT2D eigenvalue weighted by Crippen LogP contribution is -2.47. The molecule has 1 aromatic heterocycles. The number of benzene rings is 1. The smallest absolute Gasteiger partial charge is 0.321 e. The number of urea groups is 1. The highest BCUT2D eigenvalue weighted by Crippen LogP contribution is 2.23. The maximum Gasteiger partial charge on any atom is 0.321 e. The van der Waals surface area contributed by atoms with Gasteiger partial charge in [0.1, 0.15) is 0 Å². The van der Waals surface area contributed by atoms with Crippen molar-refractivity contribution in [1.82, 2.24) is 30.8 Å². The van der Waals surface area contributed by atoms with Gasteiger partial charge in [-0.05, 0) is 49.2 Å². The maximum absolute atomic E-state index is 12.3. The minimum Gasteiger partial charge on any atom is -0.335 e. The molecule has 1 atom stereocenters. The highest BCUT2D eigenvalue weighted by molar-refractivity contribution is 8.00. The number of carbonyl (C=O) groups is 2. The molecule has 0 bridgehead atoms. The largest absolute Gasteiger partial charge is 0.335 e. The third kappa shape index (κ3) is 5.29. The molecule has 0 unspecified atom stereocenters. The lowest BCUT2D eigenvalue weighted by molar-refractivity contribution is -0.119. The molecule has 1 aromatic carbocycles. The second-order valence-electron chi connectivity index (χ2n) is 6.77. The molecule has 1 heterocycles. The number of aromatic nitrogens is 4. The maximum atomic E-state index is 12.3. The van der Waals surface area contributed by atoms with E-state index in [1.54, 1.807) is 11.6 Å². The van der Waals surface area contributed by atoms with Crippen LogP contribution in [-0.4, -0.2) is 43.4 Å². The van der Waals surface area contributed by atoms with Gasteiger partial charge < -0.3 is 5.32 Å². The van der Waals surface area contributed by atoms with Gasteiger partial charge in [-0.25, -0.2) is 4.79 Å². The van der Waals surface area contributed by atoms with Gasteiger partial charge in [0.2, 0.25) is 11.1 Å². The van der Waals surface area contributed by atoms with Crippen LogP contribution in [0.2, 0.25) is 0 Å². The number of carbonyl (C=O) groups excluding carboxylic acids is 2. The van der Waals surface area contributed by atoms with Crippen LogP contribution in [0.15, 0.2) is 29.4 Å². The Labute approximate surface area is 162 Å². The second-order valence-corrected chi connectivity index (χ2v) is 8.07. The van der Waals surface area contributed by atoms with E-state index < -0.39 is 11.3 Å². The molecule has 0 radical (unpaired) electrons. The van der Waals surface area contributed by atoms with Gasteiger partial charge in [0.15, 0.2) is 0 Å².